The van der Waals surface area contributed by atoms with Crippen molar-refractivity contribution in [2.45, 2.75) is 52.1 Å². The van der Waals surface area contributed by atoms with Crippen LogP contribution in [0.4, 0.5) is 0 Å². The summed E-state index contributed by atoms with van der Waals surface area (Å²) in [6, 6.07) is 8.44. The van der Waals surface area contributed by atoms with Gasteiger partial charge in [0.2, 0.25) is 0 Å². The van der Waals surface area contributed by atoms with Crippen molar-refractivity contribution in [1.29, 1.82) is 0 Å². The van der Waals surface area contributed by atoms with E-state index in [4.69, 9.17) is 17.3 Å². The second kappa shape index (κ2) is 7.10. The Morgan fingerprint density at radius 3 is 2.57 bits per heavy atom. The molecule has 21 heavy (non-hydrogen) atoms. The third kappa shape index (κ3) is 4.08. The molecule has 114 valence electrons. The van der Waals surface area contributed by atoms with E-state index in [-0.39, 0.29) is 6.04 Å². The van der Waals surface area contributed by atoms with Crippen molar-refractivity contribution in [3.05, 3.63) is 52.3 Å². The molecule has 2 rings (SSSR count). The van der Waals surface area contributed by atoms with Gasteiger partial charge in [0.05, 0.1) is 11.7 Å². The van der Waals surface area contributed by atoms with Crippen LogP contribution in [0.1, 0.15) is 55.6 Å². The lowest BCUT2D eigenvalue weighted by atomic mass is 10.0. The molecule has 1 atom stereocenters. The molecule has 1 unspecified atom stereocenters. The maximum atomic E-state index is 6.31. The highest BCUT2D eigenvalue weighted by Crippen LogP contribution is 2.22. The predicted molar refractivity (Wildman–Crippen MR) is 88.7 cm³/mol. The van der Waals surface area contributed by atoms with Crippen LogP contribution in [-0.2, 0) is 6.42 Å². The van der Waals surface area contributed by atoms with E-state index in [9.17, 15) is 0 Å². The van der Waals surface area contributed by atoms with E-state index in [1.807, 2.05) is 19.1 Å². The van der Waals surface area contributed by atoms with Crippen LogP contribution in [0, 0.1) is 6.92 Å². The van der Waals surface area contributed by atoms with Gasteiger partial charge >= 0.3 is 0 Å². The van der Waals surface area contributed by atoms with E-state index in [1.54, 1.807) is 0 Å². The first-order chi connectivity index (χ1) is 10.0. The Bertz CT molecular complexity index is 567. The van der Waals surface area contributed by atoms with Crippen LogP contribution in [0.25, 0.3) is 0 Å². The summed E-state index contributed by atoms with van der Waals surface area (Å²) in [6.07, 6.45) is 4.98. The number of benzene rings is 1. The van der Waals surface area contributed by atoms with Gasteiger partial charge in [0.25, 0.3) is 0 Å². The molecule has 0 saturated carbocycles. The number of nitrogens with two attached hydrogens (primary N) is 1. The van der Waals surface area contributed by atoms with Crippen LogP contribution >= 0.6 is 11.6 Å². The molecule has 0 bridgehead atoms. The van der Waals surface area contributed by atoms with Crippen molar-refractivity contribution in [3.8, 4) is 0 Å². The number of aromatic nitrogens is 2. The zero-order valence-corrected chi connectivity index (χ0v) is 13.8. The lowest BCUT2D eigenvalue weighted by molar-refractivity contribution is 0.424. The van der Waals surface area contributed by atoms with Crippen LogP contribution in [0.5, 0.6) is 0 Å². The van der Waals surface area contributed by atoms with E-state index in [1.165, 1.54) is 0 Å². The number of halogens is 1. The second-order valence-electron chi connectivity index (χ2n) is 5.63. The Kier molecular flexibility index (Phi) is 5.43. The number of hydrogen-bond donors (Lipinski definition) is 1. The fourth-order valence-electron chi connectivity index (χ4n) is 2.67. The molecule has 3 nitrogen and oxygen atoms in total. The lowest BCUT2D eigenvalue weighted by Gasteiger charge is -2.14. The zero-order valence-electron chi connectivity index (χ0n) is 13.0. The normalized spacial score (nSPS) is 12.9. The van der Waals surface area contributed by atoms with Crippen LogP contribution in [0.15, 0.2) is 30.5 Å². The summed E-state index contributed by atoms with van der Waals surface area (Å²) >= 11 is 6.11. The highest BCUT2D eigenvalue weighted by atomic mass is 35.5. The van der Waals surface area contributed by atoms with Gasteiger partial charge in [-0.3, -0.25) is 4.68 Å². The van der Waals surface area contributed by atoms with Crippen molar-refractivity contribution >= 4 is 11.6 Å². The molecule has 0 aliphatic rings. The maximum Gasteiger partial charge on any atom is 0.0643 e. The minimum Gasteiger partial charge on any atom is -0.324 e. The molecule has 2 aromatic rings. The fourth-order valence-corrected chi connectivity index (χ4v) is 2.97. The first-order valence-electron chi connectivity index (χ1n) is 7.60. The highest BCUT2D eigenvalue weighted by molar-refractivity contribution is 6.30. The van der Waals surface area contributed by atoms with Crippen LogP contribution in [-0.4, -0.2) is 9.78 Å². The van der Waals surface area contributed by atoms with E-state index in [2.05, 4.69) is 42.0 Å². The number of hydrogen-bond acceptors (Lipinski definition) is 2. The summed E-state index contributed by atoms with van der Waals surface area (Å²) in [4.78, 5) is 0. The van der Waals surface area contributed by atoms with Crippen LogP contribution in [0.3, 0.4) is 0 Å². The molecule has 4 heteroatoms. The summed E-state index contributed by atoms with van der Waals surface area (Å²) in [5, 5.41) is 5.41. The average Bonchev–Trinajstić information content (AvgIpc) is 2.87. The van der Waals surface area contributed by atoms with Gasteiger partial charge in [0.15, 0.2) is 0 Å². The smallest absolute Gasteiger partial charge is 0.0643 e. The topological polar surface area (TPSA) is 43.8 Å². The molecule has 2 N–H and O–H groups in total. The minimum absolute atomic E-state index is 0.0764. The van der Waals surface area contributed by atoms with Gasteiger partial charge < -0.3 is 5.73 Å². The molecule has 0 aliphatic carbocycles. The molecule has 0 radical (unpaired) electrons. The van der Waals surface area contributed by atoms with Crippen LogP contribution in [0.2, 0.25) is 5.02 Å². The van der Waals surface area contributed by atoms with Gasteiger partial charge in [0, 0.05) is 23.7 Å². The number of aryl methyl sites for hydroxylation is 1. The molecule has 0 amide bonds. The third-order valence-electron chi connectivity index (χ3n) is 3.90. The van der Waals surface area contributed by atoms with E-state index in [0.29, 0.717) is 6.04 Å². The standard InChI is InChI=1S/C17H24ClN3/c1-4-16(5-2)21-7-6-15(20-21)11-17(19)13-8-12(3)9-14(18)10-13/h6-10,16-17H,4-5,11,19H2,1-3H3. The summed E-state index contributed by atoms with van der Waals surface area (Å²) < 4.78 is 2.06. The Morgan fingerprint density at radius 1 is 1.24 bits per heavy atom. The molecule has 1 aromatic carbocycles. The monoisotopic (exact) mass is 305 g/mol. The SMILES string of the molecule is CCC(CC)n1ccc(CC(N)c2cc(C)cc(Cl)c2)n1. The van der Waals surface area contributed by atoms with Gasteiger partial charge in [-0.1, -0.05) is 31.5 Å². The third-order valence-corrected chi connectivity index (χ3v) is 4.12. The molecular weight excluding hydrogens is 282 g/mol. The predicted octanol–water partition coefficient (Wildman–Crippen LogP) is 4.45. The molecule has 0 fully saturated rings. The number of nitrogens with zero attached hydrogens (tertiary/aromatic N) is 2. The second-order valence-corrected chi connectivity index (χ2v) is 6.07. The van der Waals surface area contributed by atoms with E-state index >= 15 is 0 Å². The highest BCUT2D eigenvalue weighted by Gasteiger charge is 2.12. The largest absolute Gasteiger partial charge is 0.324 e. The van der Waals surface area contributed by atoms with Crippen molar-refractivity contribution in [2.24, 2.45) is 5.73 Å². The Hall–Kier alpha value is -1.32. The Morgan fingerprint density at radius 2 is 1.95 bits per heavy atom. The minimum atomic E-state index is -0.0764. The van der Waals surface area contributed by atoms with Crippen molar-refractivity contribution < 1.29 is 0 Å². The van der Waals surface area contributed by atoms with Crippen molar-refractivity contribution in [2.75, 3.05) is 0 Å². The summed E-state index contributed by atoms with van der Waals surface area (Å²) in [5.41, 5.74) is 9.54. The molecule has 1 aromatic heterocycles. The first kappa shape index (κ1) is 16.1. The molecule has 0 saturated heterocycles. The maximum absolute atomic E-state index is 6.31. The quantitative estimate of drug-likeness (QED) is 0.857. The average molecular weight is 306 g/mol. The molecule has 0 aliphatic heterocycles. The van der Waals surface area contributed by atoms with Gasteiger partial charge in [-0.15, -0.1) is 0 Å². The van der Waals surface area contributed by atoms with Gasteiger partial charge in [-0.05, 0) is 49.1 Å². The fraction of sp³-hybridized carbons (Fsp3) is 0.471. The molecule has 1 heterocycles. The van der Waals surface area contributed by atoms with Gasteiger partial charge in [-0.2, -0.15) is 5.10 Å². The van der Waals surface area contributed by atoms with Gasteiger partial charge in [-0.25, -0.2) is 0 Å². The lowest BCUT2D eigenvalue weighted by Crippen LogP contribution is -2.15. The molecule has 0 spiro atoms. The summed E-state index contributed by atoms with van der Waals surface area (Å²) in [5.74, 6) is 0. The number of rotatable bonds is 6. The zero-order chi connectivity index (χ0) is 15.4. The van der Waals surface area contributed by atoms with Crippen LogP contribution < -0.4 is 5.73 Å². The Labute approximate surface area is 132 Å². The summed E-state index contributed by atoms with van der Waals surface area (Å²) in [6.45, 7) is 6.41. The molecular formula is C17H24ClN3. The van der Waals surface area contributed by atoms with E-state index in [0.717, 1.165) is 41.1 Å². The van der Waals surface area contributed by atoms with Crippen molar-refractivity contribution in [1.82, 2.24) is 9.78 Å². The van der Waals surface area contributed by atoms with Crippen molar-refractivity contribution in [3.63, 3.8) is 0 Å². The van der Waals surface area contributed by atoms with Gasteiger partial charge in [0.1, 0.15) is 0 Å². The first-order valence-corrected chi connectivity index (χ1v) is 7.98. The Balaban J connectivity index is 2.10. The summed E-state index contributed by atoms with van der Waals surface area (Å²) in [7, 11) is 0. The van der Waals surface area contributed by atoms with E-state index < -0.39 is 0 Å².